The second-order valence-corrected chi connectivity index (χ2v) is 7.90. The van der Waals surface area contributed by atoms with Gasteiger partial charge in [-0.15, -0.1) is 5.10 Å². The lowest BCUT2D eigenvalue weighted by Gasteiger charge is -2.22. The molecule has 0 fully saturated rings. The van der Waals surface area contributed by atoms with Gasteiger partial charge in [-0.3, -0.25) is 19.7 Å². The first-order valence-electron chi connectivity index (χ1n) is 9.59. The average molecular weight is 436 g/mol. The molecule has 31 heavy (non-hydrogen) atoms. The summed E-state index contributed by atoms with van der Waals surface area (Å²) in [5, 5.41) is 13.0. The predicted octanol–water partition coefficient (Wildman–Crippen LogP) is 3.05. The molecule has 1 aromatic heterocycles. The first-order valence-corrected chi connectivity index (χ1v) is 10.6. The molecule has 2 heterocycles. The van der Waals surface area contributed by atoms with Crippen molar-refractivity contribution in [3.05, 3.63) is 60.2 Å². The molecule has 0 bridgehead atoms. The van der Waals surface area contributed by atoms with Crippen LogP contribution < -0.4 is 16.0 Å². The van der Waals surface area contributed by atoms with E-state index in [0.29, 0.717) is 22.3 Å². The van der Waals surface area contributed by atoms with Gasteiger partial charge in [-0.1, -0.05) is 42.1 Å². The lowest BCUT2D eigenvalue weighted by Crippen LogP contribution is -2.36. The van der Waals surface area contributed by atoms with Crippen LogP contribution in [0.5, 0.6) is 0 Å². The smallest absolute Gasteiger partial charge is 0.249 e. The van der Waals surface area contributed by atoms with Crippen LogP contribution in [0.15, 0.2) is 59.8 Å². The Hall–Kier alpha value is -3.66. The highest BCUT2D eigenvalue weighted by molar-refractivity contribution is 7.98. The van der Waals surface area contributed by atoms with Crippen LogP contribution in [0.25, 0.3) is 0 Å². The highest BCUT2D eigenvalue weighted by Crippen LogP contribution is 2.28. The Morgan fingerprint density at radius 3 is 2.45 bits per heavy atom. The van der Waals surface area contributed by atoms with E-state index in [2.05, 4.69) is 26.0 Å². The van der Waals surface area contributed by atoms with Crippen molar-refractivity contribution in [3.63, 3.8) is 0 Å². The van der Waals surface area contributed by atoms with E-state index in [1.165, 1.54) is 23.4 Å². The second kappa shape index (κ2) is 9.00. The highest BCUT2D eigenvalue weighted by Gasteiger charge is 2.33. The summed E-state index contributed by atoms with van der Waals surface area (Å²) in [5.41, 5.74) is 2.30. The molecule has 158 valence electrons. The maximum atomic E-state index is 12.9. The van der Waals surface area contributed by atoms with Crippen molar-refractivity contribution >= 4 is 46.8 Å². The summed E-state index contributed by atoms with van der Waals surface area (Å²) < 4.78 is 1.45. The number of hydrogen-bond donors (Lipinski definition) is 3. The normalized spacial score (nSPS) is 15.0. The van der Waals surface area contributed by atoms with Crippen molar-refractivity contribution in [2.24, 2.45) is 0 Å². The van der Waals surface area contributed by atoms with Crippen LogP contribution in [-0.2, 0) is 20.1 Å². The second-order valence-electron chi connectivity index (χ2n) is 6.95. The van der Waals surface area contributed by atoms with Gasteiger partial charge in [-0.2, -0.15) is 4.98 Å². The zero-order valence-electron chi connectivity index (χ0n) is 16.7. The van der Waals surface area contributed by atoms with E-state index in [-0.39, 0.29) is 30.1 Å². The molecule has 0 spiro atoms. The van der Waals surface area contributed by atoms with Gasteiger partial charge in [0.25, 0.3) is 0 Å². The van der Waals surface area contributed by atoms with Crippen LogP contribution in [0.1, 0.15) is 24.9 Å². The summed E-state index contributed by atoms with van der Waals surface area (Å²) in [6, 6.07) is 15.8. The van der Waals surface area contributed by atoms with Crippen molar-refractivity contribution in [2.45, 2.75) is 30.3 Å². The van der Waals surface area contributed by atoms with Crippen molar-refractivity contribution in [3.8, 4) is 0 Å². The van der Waals surface area contributed by atoms with Gasteiger partial charge >= 0.3 is 0 Å². The van der Waals surface area contributed by atoms with E-state index >= 15 is 0 Å². The van der Waals surface area contributed by atoms with Gasteiger partial charge in [-0.25, -0.2) is 4.68 Å². The monoisotopic (exact) mass is 436 g/mol. The fourth-order valence-corrected chi connectivity index (χ4v) is 3.88. The van der Waals surface area contributed by atoms with Crippen LogP contribution in [0, 0.1) is 0 Å². The third-order valence-corrected chi connectivity index (χ3v) is 5.43. The van der Waals surface area contributed by atoms with Gasteiger partial charge < -0.3 is 10.6 Å². The molecule has 0 radical (unpaired) electrons. The van der Waals surface area contributed by atoms with Gasteiger partial charge in [0.15, 0.2) is 0 Å². The summed E-state index contributed by atoms with van der Waals surface area (Å²) >= 11 is 1.43. The average Bonchev–Trinajstić information content (AvgIpc) is 3.16. The van der Waals surface area contributed by atoms with Crippen molar-refractivity contribution in [1.82, 2.24) is 14.8 Å². The molecule has 3 amide bonds. The Morgan fingerprint density at radius 2 is 1.77 bits per heavy atom. The molecule has 0 saturated heterocycles. The number of anilines is 3. The summed E-state index contributed by atoms with van der Waals surface area (Å²) in [5.74, 6) is 0.0987. The van der Waals surface area contributed by atoms with E-state index in [1.807, 2.05) is 30.3 Å². The summed E-state index contributed by atoms with van der Waals surface area (Å²) in [6.45, 7) is 1.42. The molecule has 4 rings (SSSR count). The first kappa shape index (κ1) is 20.6. The number of carbonyl (C=O) groups is 3. The number of nitrogens with zero attached hydrogens (tertiary/aromatic N) is 3. The minimum absolute atomic E-state index is 0.0328. The van der Waals surface area contributed by atoms with Crippen LogP contribution in [-0.4, -0.2) is 32.5 Å². The number of rotatable bonds is 6. The van der Waals surface area contributed by atoms with Gasteiger partial charge in [0, 0.05) is 24.1 Å². The molecule has 10 heteroatoms. The van der Waals surface area contributed by atoms with Gasteiger partial charge in [0.1, 0.15) is 6.04 Å². The number of aromatic nitrogens is 3. The SMILES string of the molecule is CC(=O)Nc1ccc(NC(=O)[C@@H]2CC(=O)Nc3nc(SCc4ccccc4)nn32)cc1. The van der Waals surface area contributed by atoms with Crippen LogP contribution in [0.3, 0.4) is 0 Å². The molecule has 1 aliphatic rings. The quantitative estimate of drug-likeness (QED) is 0.511. The summed E-state index contributed by atoms with van der Waals surface area (Å²) in [4.78, 5) is 40.5. The largest absolute Gasteiger partial charge is 0.326 e. The van der Waals surface area contributed by atoms with Crippen LogP contribution in [0.4, 0.5) is 17.3 Å². The summed E-state index contributed by atoms with van der Waals surface area (Å²) in [6.07, 6.45) is -0.0328. The topological polar surface area (TPSA) is 118 Å². The summed E-state index contributed by atoms with van der Waals surface area (Å²) in [7, 11) is 0. The fraction of sp³-hybridized carbons (Fsp3) is 0.190. The number of nitrogens with one attached hydrogen (secondary N) is 3. The molecule has 0 aliphatic carbocycles. The molecule has 1 aliphatic heterocycles. The standard InChI is InChI=1S/C21H20N6O3S/c1-13(28)22-15-7-9-16(10-8-15)23-19(30)17-11-18(29)24-20-25-21(26-27(17)20)31-12-14-5-3-2-4-6-14/h2-10,17H,11-12H2,1H3,(H,22,28)(H,23,30)(H,24,25,26,29)/t17-/m0/s1. The van der Waals surface area contributed by atoms with E-state index in [1.54, 1.807) is 24.3 Å². The van der Waals surface area contributed by atoms with Crippen LogP contribution >= 0.6 is 11.8 Å². The number of thioether (sulfide) groups is 1. The fourth-order valence-electron chi connectivity index (χ4n) is 3.10. The maximum absolute atomic E-state index is 12.9. The van der Waals surface area contributed by atoms with Gasteiger partial charge in [0.2, 0.25) is 28.8 Å². The van der Waals surface area contributed by atoms with E-state index in [9.17, 15) is 14.4 Å². The molecular weight excluding hydrogens is 416 g/mol. The molecular formula is C21H20N6O3S. The first-order chi connectivity index (χ1) is 15.0. The highest BCUT2D eigenvalue weighted by atomic mass is 32.2. The molecule has 9 nitrogen and oxygen atoms in total. The van der Waals surface area contributed by atoms with Gasteiger partial charge in [-0.05, 0) is 29.8 Å². The third kappa shape index (κ3) is 5.10. The van der Waals surface area contributed by atoms with Crippen LogP contribution in [0.2, 0.25) is 0 Å². The zero-order valence-corrected chi connectivity index (χ0v) is 17.5. The lowest BCUT2D eigenvalue weighted by atomic mass is 10.1. The Balaban J connectivity index is 1.46. The Labute approximate surface area is 182 Å². The molecule has 3 aromatic rings. The molecule has 0 saturated carbocycles. The molecule has 2 aromatic carbocycles. The molecule has 1 atom stereocenters. The number of fused-ring (bicyclic) bond motifs is 1. The maximum Gasteiger partial charge on any atom is 0.249 e. The van der Waals surface area contributed by atoms with Gasteiger partial charge in [0.05, 0.1) is 6.42 Å². The van der Waals surface area contributed by atoms with E-state index in [4.69, 9.17) is 0 Å². The minimum atomic E-state index is -0.808. The van der Waals surface area contributed by atoms with Crippen molar-refractivity contribution in [2.75, 3.05) is 16.0 Å². The minimum Gasteiger partial charge on any atom is -0.326 e. The third-order valence-electron chi connectivity index (χ3n) is 4.52. The van der Waals surface area contributed by atoms with E-state index < -0.39 is 6.04 Å². The number of hydrogen-bond acceptors (Lipinski definition) is 6. The lowest BCUT2D eigenvalue weighted by molar-refractivity contribution is -0.125. The molecule has 3 N–H and O–H groups in total. The number of carbonyl (C=O) groups excluding carboxylic acids is 3. The Kier molecular flexibility index (Phi) is 5.99. The number of benzene rings is 2. The molecule has 0 unspecified atom stereocenters. The van der Waals surface area contributed by atoms with Crippen molar-refractivity contribution in [1.29, 1.82) is 0 Å². The zero-order chi connectivity index (χ0) is 21.8. The predicted molar refractivity (Wildman–Crippen MR) is 118 cm³/mol. The van der Waals surface area contributed by atoms with E-state index in [0.717, 1.165) is 5.56 Å². The number of amides is 3. The Morgan fingerprint density at radius 1 is 1.10 bits per heavy atom. The Bertz CT molecular complexity index is 1110. The van der Waals surface area contributed by atoms with Crippen molar-refractivity contribution < 1.29 is 14.4 Å².